The van der Waals surface area contributed by atoms with Crippen LogP contribution in [-0.4, -0.2) is 23.1 Å². The lowest BCUT2D eigenvalue weighted by molar-refractivity contribution is -0.107. The molecule has 1 amide bonds. The van der Waals surface area contributed by atoms with Crippen molar-refractivity contribution in [2.24, 2.45) is 0 Å². The normalized spacial score (nSPS) is 10.8. The van der Waals surface area contributed by atoms with Crippen molar-refractivity contribution in [3.05, 3.63) is 23.8 Å². The quantitative estimate of drug-likeness (QED) is 0.639. The van der Waals surface area contributed by atoms with Gasteiger partial charge >= 0.3 is 6.09 Å². The van der Waals surface area contributed by atoms with Gasteiger partial charge in [-0.2, -0.15) is 0 Å². The Balaban J connectivity index is 2.83. The Morgan fingerprint density at radius 1 is 1.44 bits per heavy atom. The second kappa shape index (κ2) is 5.53. The van der Waals surface area contributed by atoms with Crippen LogP contribution in [-0.2, 0) is 16.0 Å². The van der Waals surface area contributed by atoms with E-state index in [-0.39, 0.29) is 12.2 Å². The summed E-state index contributed by atoms with van der Waals surface area (Å²) in [7, 11) is 0. The number of hydrogen-bond acceptors (Lipinski definition) is 4. The summed E-state index contributed by atoms with van der Waals surface area (Å²) < 4.78 is 5.10. The molecule has 1 aromatic rings. The van der Waals surface area contributed by atoms with Crippen LogP contribution in [0.15, 0.2) is 18.2 Å². The third-order valence-electron chi connectivity index (χ3n) is 2.03. The number of carbonyl (C=O) groups excluding carboxylic acids is 2. The fraction of sp³-hybridized carbons (Fsp3) is 0.385. The average Bonchev–Trinajstić information content (AvgIpc) is 2.20. The van der Waals surface area contributed by atoms with E-state index < -0.39 is 11.7 Å². The maximum atomic E-state index is 11.6. The van der Waals surface area contributed by atoms with Crippen molar-refractivity contribution in [1.29, 1.82) is 0 Å². The van der Waals surface area contributed by atoms with Gasteiger partial charge in [0.25, 0.3) is 0 Å². The van der Waals surface area contributed by atoms with E-state index in [0.29, 0.717) is 17.5 Å². The van der Waals surface area contributed by atoms with E-state index >= 15 is 0 Å². The van der Waals surface area contributed by atoms with E-state index in [1.807, 2.05) is 0 Å². The molecule has 98 valence electrons. The van der Waals surface area contributed by atoms with E-state index in [0.717, 1.165) is 0 Å². The number of amides is 1. The van der Waals surface area contributed by atoms with Gasteiger partial charge in [-0.05, 0) is 44.5 Å². The summed E-state index contributed by atoms with van der Waals surface area (Å²) in [5.41, 5.74) is 0.399. The molecule has 0 unspecified atom stereocenters. The van der Waals surface area contributed by atoms with E-state index in [1.165, 1.54) is 18.2 Å². The number of ether oxygens (including phenoxy) is 1. The molecule has 0 saturated carbocycles. The number of aromatic hydroxyl groups is 1. The van der Waals surface area contributed by atoms with E-state index in [1.54, 1.807) is 20.8 Å². The summed E-state index contributed by atoms with van der Waals surface area (Å²) in [6, 6.07) is 4.39. The van der Waals surface area contributed by atoms with Gasteiger partial charge in [-0.3, -0.25) is 5.32 Å². The Bertz CT molecular complexity index is 449. The van der Waals surface area contributed by atoms with Crippen molar-refractivity contribution in [1.82, 2.24) is 0 Å². The third kappa shape index (κ3) is 4.45. The van der Waals surface area contributed by atoms with Gasteiger partial charge in [-0.25, -0.2) is 4.79 Å². The lowest BCUT2D eigenvalue weighted by atomic mass is 10.1. The molecule has 0 fully saturated rings. The molecule has 5 heteroatoms. The molecule has 1 aromatic carbocycles. The fourth-order valence-electron chi connectivity index (χ4n) is 1.37. The topological polar surface area (TPSA) is 75.6 Å². The maximum absolute atomic E-state index is 11.6. The maximum Gasteiger partial charge on any atom is 0.412 e. The van der Waals surface area contributed by atoms with Crippen LogP contribution < -0.4 is 5.32 Å². The summed E-state index contributed by atoms with van der Waals surface area (Å²) in [6.07, 6.45) is 0.217. The molecule has 0 aliphatic rings. The molecule has 2 N–H and O–H groups in total. The first kappa shape index (κ1) is 14.0. The van der Waals surface area contributed by atoms with Crippen LogP contribution in [0.4, 0.5) is 10.5 Å². The van der Waals surface area contributed by atoms with Crippen molar-refractivity contribution in [2.45, 2.75) is 32.8 Å². The van der Waals surface area contributed by atoms with Crippen molar-refractivity contribution in [2.75, 3.05) is 5.32 Å². The fourth-order valence-corrected chi connectivity index (χ4v) is 1.37. The van der Waals surface area contributed by atoms with Crippen molar-refractivity contribution in [3.8, 4) is 5.75 Å². The van der Waals surface area contributed by atoms with Crippen molar-refractivity contribution < 1.29 is 19.4 Å². The van der Waals surface area contributed by atoms with E-state index in [2.05, 4.69) is 5.32 Å². The van der Waals surface area contributed by atoms with Gasteiger partial charge in [0.15, 0.2) is 0 Å². The first-order valence-corrected chi connectivity index (χ1v) is 5.57. The Hall–Kier alpha value is -2.04. The number of benzene rings is 1. The molecule has 0 aromatic heterocycles. The standard InChI is InChI=1S/C13H17NO4/c1-13(2,3)18-12(17)14-11-5-4-10(16)8-9(11)6-7-15/h4-5,7-8,16H,6H2,1-3H3,(H,14,17). The molecule has 0 radical (unpaired) electrons. The third-order valence-corrected chi connectivity index (χ3v) is 2.03. The smallest absolute Gasteiger partial charge is 0.412 e. The Morgan fingerprint density at radius 3 is 2.67 bits per heavy atom. The number of phenolic OH excluding ortho intramolecular Hbond substituents is 1. The van der Waals surface area contributed by atoms with E-state index in [4.69, 9.17) is 4.74 Å². The lowest BCUT2D eigenvalue weighted by Crippen LogP contribution is -2.27. The molecule has 18 heavy (non-hydrogen) atoms. The first-order chi connectivity index (χ1) is 8.31. The number of phenols is 1. The van der Waals surface area contributed by atoms with Crippen LogP contribution in [0.1, 0.15) is 26.3 Å². The largest absolute Gasteiger partial charge is 0.508 e. The van der Waals surface area contributed by atoms with Gasteiger partial charge in [0.1, 0.15) is 17.6 Å². The van der Waals surface area contributed by atoms with Crippen molar-refractivity contribution >= 4 is 18.1 Å². The number of anilines is 1. The molecule has 5 nitrogen and oxygen atoms in total. The Morgan fingerprint density at radius 2 is 2.11 bits per heavy atom. The monoisotopic (exact) mass is 251 g/mol. The number of rotatable bonds is 3. The summed E-state index contributed by atoms with van der Waals surface area (Å²) in [5, 5.41) is 11.9. The summed E-state index contributed by atoms with van der Waals surface area (Å²) in [4.78, 5) is 22.1. The molecule has 0 spiro atoms. The van der Waals surface area contributed by atoms with Crippen LogP contribution in [0.3, 0.4) is 0 Å². The van der Waals surface area contributed by atoms with Gasteiger partial charge < -0.3 is 14.6 Å². The molecule has 0 saturated heterocycles. The van der Waals surface area contributed by atoms with Crippen LogP contribution in [0.25, 0.3) is 0 Å². The zero-order valence-electron chi connectivity index (χ0n) is 10.7. The molecule has 0 aliphatic carbocycles. The second-order valence-electron chi connectivity index (χ2n) is 4.84. The van der Waals surface area contributed by atoms with Gasteiger partial charge in [-0.1, -0.05) is 0 Å². The van der Waals surface area contributed by atoms with Crippen LogP contribution in [0, 0.1) is 0 Å². The molecule has 0 bridgehead atoms. The second-order valence-corrected chi connectivity index (χ2v) is 4.84. The van der Waals surface area contributed by atoms with Crippen LogP contribution >= 0.6 is 0 Å². The Kier molecular flexibility index (Phi) is 4.31. The van der Waals surface area contributed by atoms with Gasteiger partial charge in [0.05, 0.1) is 0 Å². The molecule has 0 aliphatic heterocycles. The average molecular weight is 251 g/mol. The highest BCUT2D eigenvalue weighted by Crippen LogP contribution is 2.22. The lowest BCUT2D eigenvalue weighted by Gasteiger charge is -2.20. The highest BCUT2D eigenvalue weighted by molar-refractivity contribution is 5.86. The zero-order chi connectivity index (χ0) is 13.8. The van der Waals surface area contributed by atoms with E-state index in [9.17, 15) is 14.7 Å². The summed E-state index contributed by atoms with van der Waals surface area (Å²) >= 11 is 0. The molecular formula is C13H17NO4. The minimum atomic E-state index is -0.597. The first-order valence-electron chi connectivity index (χ1n) is 5.57. The predicted molar refractivity (Wildman–Crippen MR) is 67.7 cm³/mol. The van der Waals surface area contributed by atoms with Gasteiger partial charge in [0.2, 0.25) is 0 Å². The number of nitrogens with one attached hydrogen (secondary N) is 1. The molecule has 0 heterocycles. The molecule has 1 rings (SSSR count). The van der Waals surface area contributed by atoms with Crippen LogP contribution in [0.2, 0.25) is 0 Å². The Labute approximate surface area is 106 Å². The van der Waals surface area contributed by atoms with Gasteiger partial charge in [0, 0.05) is 12.1 Å². The highest BCUT2D eigenvalue weighted by Gasteiger charge is 2.17. The van der Waals surface area contributed by atoms with Crippen molar-refractivity contribution in [3.63, 3.8) is 0 Å². The predicted octanol–water partition coefficient (Wildman–Crippen LogP) is 2.48. The summed E-state index contributed by atoms with van der Waals surface area (Å²) in [6.45, 7) is 5.28. The highest BCUT2D eigenvalue weighted by atomic mass is 16.6. The number of hydrogen-bond donors (Lipinski definition) is 2. The summed E-state index contributed by atoms with van der Waals surface area (Å²) in [5.74, 6) is 0.0431. The SMILES string of the molecule is CC(C)(C)OC(=O)Nc1ccc(O)cc1CC=O. The zero-order valence-corrected chi connectivity index (χ0v) is 10.7. The van der Waals surface area contributed by atoms with Crippen LogP contribution in [0.5, 0.6) is 5.75 Å². The molecular weight excluding hydrogens is 234 g/mol. The molecule has 0 atom stereocenters. The minimum absolute atomic E-state index is 0.0431. The number of carbonyl (C=O) groups is 2. The van der Waals surface area contributed by atoms with Gasteiger partial charge in [-0.15, -0.1) is 0 Å². The number of aldehydes is 1. The minimum Gasteiger partial charge on any atom is -0.508 e.